The molecule has 1 N–H and O–H groups in total. The van der Waals surface area contributed by atoms with Crippen LogP contribution in [0.5, 0.6) is 0 Å². The van der Waals surface area contributed by atoms with Crippen molar-refractivity contribution in [3.05, 3.63) is 57.8 Å². The second-order valence-corrected chi connectivity index (χ2v) is 5.19. The minimum absolute atomic E-state index is 0.0922. The maximum absolute atomic E-state index is 12.7. The van der Waals surface area contributed by atoms with Crippen LogP contribution < -0.4 is 5.32 Å². The summed E-state index contributed by atoms with van der Waals surface area (Å²) < 4.78 is 38.3. The fourth-order valence-corrected chi connectivity index (χ4v) is 2.04. The largest absolute Gasteiger partial charge is 0.416 e. The zero-order valence-electron chi connectivity index (χ0n) is 10.8. The molecule has 7 heteroatoms. The molecular weight excluding hydrogens is 349 g/mol. The Kier molecular flexibility index (Phi) is 4.32. The molecule has 0 spiro atoms. The van der Waals surface area contributed by atoms with Gasteiger partial charge in [-0.2, -0.15) is 13.2 Å². The van der Waals surface area contributed by atoms with E-state index in [1.165, 1.54) is 12.3 Å². The highest BCUT2D eigenvalue weighted by Crippen LogP contribution is 2.32. The lowest BCUT2D eigenvalue weighted by molar-refractivity contribution is -0.137. The van der Waals surface area contributed by atoms with Gasteiger partial charge in [0.05, 0.1) is 23.0 Å². The minimum atomic E-state index is -4.50. The third-order valence-electron chi connectivity index (χ3n) is 2.71. The van der Waals surface area contributed by atoms with Gasteiger partial charge in [-0.3, -0.25) is 9.78 Å². The van der Waals surface area contributed by atoms with Gasteiger partial charge < -0.3 is 5.32 Å². The van der Waals surface area contributed by atoms with E-state index in [2.05, 4.69) is 26.2 Å². The standard InChI is InChI=1S/C14H10BrF3N2O/c1-8-2-4-10(7-19-8)20-13(21)11-6-9(14(16,17)18)3-5-12(11)15/h2-7H,1H3,(H,20,21). The number of aromatic nitrogens is 1. The summed E-state index contributed by atoms with van der Waals surface area (Å²) in [6.07, 6.45) is -3.06. The van der Waals surface area contributed by atoms with Crippen molar-refractivity contribution in [1.82, 2.24) is 4.98 Å². The zero-order valence-corrected chi connectivity index (χ0v) is 12.4. The number of alkyl halides is 3. The average Bonchev–Trinajstić information content (AvgIpc) is 2.40. The van der Waals surface area contributed by atoms with Gasteiger partial charge in [0.15, 0.2) is 0 Å². The topological polar surface area (TPSA) is 42.0 Å². The molecule has 0 radical (unpaired) electrons. The van der Waals surface area contributed by atoms with Gasteiger partial charge in [-0.25, -0.2) is 0 Å². The molecule has 0 bridgehead atoms. The lowest BCUT2D eigenvalue weighted by atomic mass is 10.1. The molecule has 1 aromatic heterocycles. The molecule has 0 saturated heterocycles. The number of amides is 1. The molecule has 21 heavy (non-hydrogen) atoms. The first-order valence-corrected chi connectivity index (χ1v) is 6.67. The molecule has 1 heterocycles. The Morgan fingerprint density at radius 3 is 2.52 bits per heavy atom. The van der Waals surface area contributed by atoms with E-state index in [0.717, 1.165) is 17.8 Å². The summed E-state index contributed by atoms with van der Waals surface area (Å²) in [7, 11) is 0. The molecule has 2 aromatic rings. The Hall–Kier alpha value is -1.89. The summed E-state index contributed by atoms with van der Waals surface area (Å²) in [6, 6.07) is 6.24. The van der Waals surface area contributed by atoms with Gasteiger partial charge in [0.2, 0.25) is 0 Å². The van der Waals surface area contributed by atoms with Crippen molar-refractivity contribution in [2.45, 2.75) is 13.1 Å². The summed E-state index contributed by atoms with van der Waals surface area (Å²) in [5.41, 5.74) is 0.214. The van der Waals surface area contributed by atoms with Crippen molar-refractivity contribution in [2.75, 3.05) is 5.32 Å². The number of pyridine rings is 1. The van der Waals surface area contributed by atoms with Crippen LogP contribution in [0.15, 0.2) is 41.0 Å². The van der Waals surface area contributed by atoms with Crippen molar-refractivity contribution in [3.63, 3.8) is 0 Å². The van der Waals surface area contributed by atoms with Gasteiger partial charge >= 0.3 is 6.18 Å². The van der Waals surface area contributed by atoms with Crippen LogP contribution >= 0.6 is 15.9 Å². The van der Waals surface area contributed by atoms with E-state index in [-0.39, 0.29) is 10.0 Å². The molecule has 0 aliphatic carbocycles. The van der Waals surface area contributed by atoms with Crippen LogP contribution in [0.25, 0.3) is 0 Å². The van der Waals surface area contributed by atoms with Crippen molar-refractivity contribution in [3.8, 4) is 0 Å². The molecule has 0 atom stereocenters. The fraction of sp³-hybridized carbons (Fsp3) is 0.143. The number of rotatable bonds is 2. The van der Waals surface area contributed by atoms with Gasteiger partial charge in [-0.05, 0) is 53.2 Å². The van der Waals surface area contributed by atoms with Gasteiger partial charge in [0.1, 0.15) is 0 Å². The zero-order chi connectivity index (χ0) is 15.6. The lowest BCUT2D eigenvalue weighted by Gasteiger charge is -2.11. The molecule has 0 unspecified atom stereocenters. The smallest absolute Gasteiger partial charge is 0.321 e. The summed E-state index contributed by atoms with van der Waals surface area (Å²) >= 11 is 3.08. The van der Waals surface area contributed by atoms with Crippen LogP contribution in [0.4, 0.5) is 18.9 Å². The number of benzene rings is 1. The van der Waals surface area contributed by atoms with Crippen LogP contribution in [-0.4, -0.2) is 10.9 Å². The highest BCUT2D eigenvalue weighted by atomic mass is 79.9. The van der Waals surface area contributed by atoms with E-state index in [4.69, 9.17) is 0 Å². The maximum Gasteiger partial charge on any atom is 0.416 e. The number of nitrogens with one attached hydrogen (secondary N) is 1. The molecular formula is C14H10BrF3N2O. The van der Waals surface area contributed by atoms with Crippen LogP contribution in [-0.2, 0) is 6.18 Å². The normalized spacial score (nSPS) is 11.3. The Morgan fingerprint density at radius 1 is 1.24 bits per heavy atom. The molecule has 3 nitrogen and oxygen atoms in total. The van der Waals surface area contributed by atoms with Crippen molar-refractivity contribution in [1.29, 1.82) is 0 Å². The van der Waals surface area contributed by atoms with Gasteiger partial charge in [-0.15, -0.1) is 0 Å². The highest BCUT2D eigenvalue weighted by molar-refractivity contribution is 9.10. The molecule has 1 aromatic carbocycles. The third-order valence-corrected chi connectivity index (χ3v) is 3.40. The number of hydrogen-bond acceptors (Lipinski definition) is 2. The van der Waals surface area contributed by atoms with Gasteiger partial charge in [-0.1, -0.05) is 0 Å². The first kappa shape index (κ1) is 15.5. The number of carbonyl (C=O) groups excluding carboxylic acids is 1. The molecule has 0 saturated carbocycles. The maximum atomic E-state index is 12.7. The van der Waals surface area contributed by atoms with Crippen molar-refractivity contribution >= 4 is 27.5 Å². The Bertz CT molecular complexity index is 669. The third kappa shape index (κ3) is 3.81. The molecule has 0 fully saturated rings. The molecule has 110 valence electrons. The Balaban J connectivity index is 2.28. The van der Waals surface area contributed by atoms with Crippen molar-refractivity contribution < 1.29 is 18.0 Å². The number of carbonyl (C=O) groups is 1. The van der Waals surface area contributed by atoms with E-state index in [0.29, 0.717) is 5.69 Å². The number of aryl methyl sites for hydroxylation is 1. The monoisotopic (exact) mass is 358 g/mol. The second-order valence-electron chi connectivity index (χ2n) is 4.33. The Labute approximate surface area is 127 Å². The van der Waals surface area contributed by atoms with Crippen LogP contribution in [0.2, 0.25) is 0 Å². The van der Waals surface area contributed by atoms with Crippen molar-refractivity contribution in [2.24, 2.45) is 0 Å². The molecule has 0 aliphatic rings. The summed E-state index contributed by atoms with van der Waals surface area (Å²) in [5.74, 6) is -0.640. The molecule has 0 aliphatic heterocycles. The average molecular weight is 359 g/mol. The summed E-state index contributed by atoms with van der Waals surface area (Å²) in [4.78, 5) is 16.1. The van der Waals surface area contributed by atoms with Crippen LogP contribution in [0.3, 0.4) is 0 Å². The summed E-state index contributed by atoms with van der Waals surface area (Å²) in [6.45, 7) is 1.79. The predicted molar refractivity (Wildman–Crippen MR) is 76.1 cm³/mol. The second kappa shape index (κ2) is 5.85. The quantitative estimate of drug-likeness (QED) is 0.862. The first-order chi connectivity index (χ1) is 9.77. The molecule has 1 amide bonds. The van der Waals surface area contributed by atoms with E-state index < -0.39 is 17.6 Å². The minimum Gasteiger partial charge on any atom is -0.321 e. The van der Waals surface area contributed by atoms with E-state index in [1.54, 1.807) is 19.1 Å². The van der Waals surface area contributed by atoms with E-state index in [9.17, 15) is 18.0 Å². The lowest BCUT2D eigenvalue weighted by Crippen LogP contribution is -2.15. The SMILES string of the molecule is Cc1ccc(NC(=O)c2cc(C(F)(F)F)ccc2Br)cn1. The highest BCUT2D eigenvalue weighted by Gasteiger charge is 2.31. The van der Waals surface area contributed by atoms with Gasteiger partial charge in [0.25, 0.3) is 5.91 Å². The summed E-state index contributed by atoms with van der Waals surface area (Å²) in [5, 5.41) is 2.51. The number of halogens is 4. The predicted octanol–water partition coefficient (Wildman–Crippen LogP) is 4.42. The molecule has 2 rings (SSSR count). The number of hydrogen-bond donors (Lipinski definition) is 1. The van der Waals surface area contributed by atoms with E-state index in [1.807, 2.05) is 0 Å². The Morgan fingerprint density at radius 2 is 1.95 bits per heavy atom. The van der Waals surface area contributed by atoms with Crippen LogP contribution in [0, 0.1) is 6.92 Å². The van der Waals surface area contributed by atoms with Crippen LogP contribution in [0.1, 0.15) is 21.6 Å². The number of anilines is 1. The van der Waals surface area contributed by atoms with E-state index >= 15 is 0 Å². The fourth-order valence-electron chi connectivity index (χ4n) is 1.62. The first-order valence-electron chi connectivity index (χ1n) is 5.88. The van der Waals surface area contributed by atoms with Gasteiger partial charge in [0, 0.05) is 10.2 Å². The number of nitrogens with zero attached hydrogens (tertiary/aromatic N) is 1.